The number of hydrogen-bond acceptors (Lipinski definition) is 2. The maximum atomic E-state index is 9.84. The van der Waals surface area contributed by atoms with Gasteiger partial charge in [-0.3, -0.25) is 4.90 Å². The summed E-state index contributed by atoms with van der Waals surface area (Å²) in [7, 11) is 0. The largest absolute Gasteiger partial charge is 0.302 e. The Morgan fingerprint density at radius 3 is 2.00 bits per heavy atom. The van der Waals surface area contributed by atoms with Gasteiger partial charge in [0.15, 0.2) is 0 Å². The van der Waals surface area contributed by atoms with Gasteiger partial charge >= 0.3 is 0 Å². The zero-order chi connectivity index (χ0) is 6.41. The second kappa shape index (κ2) is 4.78. The number of carbonyl (C=O) groups excluding carboxylic acids is 1. The Bertz CT molecular complexity index is 59.5. The summed E-state index contributed by atoms with van der Waals surface area (Å²) in [6, 6.07) is 0. The highest BCUT2D eigenvalue weighted by molar-refractivity contribution is 5.59. The molecule has 0 aromatic carbocycles. The summed E-state index contributed by atoms with van der Waals surface area (Å²) in [5.74, 6) is 0. The normalized spacial score (nSPS) is 9.88. The summed E-state index contributed by atoms with van der Waals surface area (Å²) in [5, 5.41) is 0. The molecule has 0 atom stereocenters. The number of rotatable bonds is 4. The third kappa shape index (κ3) is 2.75. The van der Waals surface area contributed by atoms with Crippen molar-refractivity contribution in [2.24, 2.45) is 0 Å². The fourth-order valence-corrected chi connectivity index (χ4v) is 0.520. The van der Waals surface area contributed by atoms with Gasteiger partial charge in [0.2, 0.25) is 0 Å². The van der Waals surface area contributed by atoms with Gasteiger partial charge in [0.1, 0.15) is 6.29 Å². The predicted octanol–water partition coefficient (Wildman–Crippen LogP) is 0.689. The Labute approximate surface area is 50.5 Å². The average molecular weight is 114 g/mol. The molecule has 0 aliphatic carbocycles. The van der Waals surface area contributed by atoms with Crippen LogP contribution in [-0.4, -0.2) is 24.3 Å². The lowest BCUT2D eigenvalue weighted by molar-refractivity contribution is -0.106. The van der Waals surface area contributed by atoms with E-state index in [4.69, 9.17) is 0 Å². The minimum absolute atomic E-state index is 0.812. The molecule has 0 aromatic rings. The van der Waals surface area contributed by atoms with Crippen molar-refractivity contribution in [3.8, 4) is 0 Å². The monoisotopic (exact) mass is 114 g/mol. The van der Waals surface area contributed by atoms with E-state index in [1.165, 1.54) is 0 Å². The van der Waals surface area contributed by atoms with Gasteiger partial charge in [0.05, 0.1) is 6.54 Å². The van der Waals surface area contributed by atoms with Crippen molar-refractivity contribution in [1.82, 2.24) is 4.90 Å². The number of nitrogens with zero attached hydrogens (tertiary/aromatic N) is 1. The van der Waals surface area contributed by atoms with Crippen LogP contribution in [0.3, 0.4) is 0 Å². The van der Waals surface area contributed by atoms with Gasteiger partial charge in [-0.25, -0.2) is 0 Å². The van der Waals surface area contributed by atoms with Gasteiger partial charge in [0, 0.05) is 0 Å². The zero-order valence-corrected chi connectivity index (χ0v) is 5.42. The van der Waals surface area contributed by atoms with Crippen LogP contribution < -0.4 is 0 Å². The quantitative estimate of drug-likeness (QED) is 0.501. The van der Waals surface area contributed by atoms with Crippen LogP contribution in [0.1, 0.15) is 13.8 Å². The molecular formula is C6H12NO. The molecule has 0 heterocycles. The molecule has 0 fully saturated rings. The third-order valence-electron chi connectivity index (χ3n) is 1.08. The fourth-order valence-electron chi connectivity index (χ4n) is 0.520. The lowest BCUT2D eigenvalue weighted by Gasteiger charge is -2.11. The molecule has 0 unspecified atom stereocenters. The van der Waals surface area contributed by atoms with Crippen molar-refractivity contribution in [2.45, 2.75) is 13.8 Å². The van der Waals surface area contributed by atoms with Crippen LogP contribution in [0.2, 0.25) is 0 Å². The first-order valence-electron chi connectivity index (χ1n) is 2.87. The van der Waals surface area contributed by atoms with E-state index in [-0.39, 0.29) is 0 Å². The number of aldehydes is 1. The molecule has 0 bridgehead atoms. The molecule has 47 valence electrons. The van der Waals surface area contributed by atoms with E-state index < -0.39 is 0 Å². The molecule has 0 rings (SSSR count). The number of carbonyl (C=O) groups is 1. The molecule has 0 aliphatic heterocycles. The summed E-state index contributed by atoms with van der Waals surface area (Å²) in [5.41, 5.74) is 0. The molecule has 0 spiro atoms. The molecule has 0 saturated carbocycles. The molecule has 0 aromatic heterocycles. The summed E-state index contributed by atoms with van der Waals surface area (Å²) in [4.78, 5) is 11.8. The Morgan fingerprint density at radius 1 is 1.38 bits per heavy atom. The van der Waals surface area contributed by atoms with Gasteiger partial charge in [0.25, 0.3) is 0 Å². The van der Waals surface area contributed by atoms with E-state index in [1.54, 1.807) is 6.54 Å². The molecule has 0 saturated heterocycles. The Morgan fingerprint density at radius 2 is 1.88 bits per heavy atom. The van der Waals surface area contributed by atoms with Gasteiger partial charge in [-0.1, -0.05) is 13.8 Å². The second-order valence-electron chi connectivity index (χ2n) is 1.51. The SMILES string of the molecule is CCN([CH]C=O)CC. The standard InChI is InChI=1S/C6H12NO/c1-3-7(4-2)5-6-8/h5-6H,3-4H2,1-2H3. The molecule has 2 nitrogen and oxygen atoms in total. The maximum absolute atomic E-state index is 9.84. The van der Waals surface area contributed by atoms with E-state index in [9.17, 15) is 4.79 Å². The molecule has 8 heavy (non-hydrogen) atoms. The average Bonchev–Trinajstić information content (AvgIpc) is 1.83. The van der Waals surface area contributed by atoms with E-state index in [1.807, 2.05) is 18.7 Å². The van der Waals surface area contributed by atoms with E-state index in [0.29, 0.717) is 0 Å². The summed E-state index contributed by atoms with van der Waals surface area (Å²) < 4.78 is 0. The van der Waals surface area contributed by atoms with Crippen molar-refractivity contribution < 1.29 is 4.79 Å². The van der Waals surface area contributed by atoms with E-state index in [0.717, 1.165) is 19.4 Å². The fraction of sp³-hybridized carbons (Fsp3) is 0.667. The lowest BCUT2D eigenvalue weighted by Crippen LogP contribution is -2.19. The topological polar surface area (TPSA) is 20.3 Å². The van der Waals surface area contributed by atoms with Crippen LogP contribution in [0, 0.1) is 6.54 Å². The van der Waals surface area contributed by atoms with E-state index in [2.05, 4.69) is 0 Å². The van der Waals surface area contributed by atoms with Crippen LogP contribution in [0.5, 0.6) is 0 Å². The van der Waals surface area contributed by atoms with Crippen molar-refractivity contribution in [1.29, 1.82) is 0 Å². The van der Waals surface area contributed by atoms with Gasteiger partial charge < -0.3 is 4.79 Å². The zero-order valence-electron chi connectivity index (χ0n) is 5.42. The summed E-state index contributed by atoms with van der Waals surface area (Å²) in [6.07, 6.45) is 0.812. The Kier molecular flexibility index (Phi) is 4.56. The van der Waals surface area contributed by atoms with Crippen LogP contribution in [0.4, 0.5) is 0 Å². The summed E-state index contributed by atoms with van der Waals surface area (Å²) >= 11 is 0. The highest BCUT2D eigenvalue weighted by Crippen LogP contribution is 1.85. The Balaban J connectivity index is 3.20. The number of hydrogen-bond donors (Lipinski definition) is 0. The van der Waals surface area contributed by atoms with Crippen molar-refractivity contribution in [2.75, 3.05) is 13.1 Å². The Hall–Kier alpha value is -0.370. The second-order valence-corrected chi connectivity index (χ2v) is 1.51. The predicted molar refractivity (Wildman–Crippen MR) is 33.3 cm³/mol. The molecular weight excluding hydrogens is 102 g/mol. The third-order valence-corrected chi connectivity index (χ3v) is 1.08. The lowest BCUT2D eigenvalue weighted by atomic mass is 10.5. The smallest absolute Gasteiger partial charge is 0.139 e. The van der Waals surface area contributed by atoms with Crippen LogP contribution in [-0.2, 0) is 4.79 Å². The first-order chi connectivity index (χ1) is 3.85. The molecule has 0 N–H and O–H groups in total. The van der Waals surface area contributed by atoms with E-state index >= 15 is 0 Å². The van der Waals surface area contributed by atoms with Gasteiger partial charge in [-0.15, -0.1) is 0 Å². The van der Waals surface area contributed by atoms with Gasteiger partial charge in [-0.05, 0) is 13.1 Å². The molecule has 2 heteroatoms. The summed E-state index contributed by atoms with van der Waals surface area (Å²) in [6.45, 7) is 7.41. The minimum atomic E-state index is 0.812. The van der Waals surface area contributed by atoms with Crippen LogP contribution in [0.15, 0.2) is 0 Å². The van der Waals surface area contributed by atoms with Crippen LogP contribution in [0.25, 0.3) is 0 Å². The van der Waals surface area contributed by atoms with Crippen molar-refractivity contribution in [3.63, 3.8) is 0 Å². The van der Waals surface area contributed by atoms with Crippen molar-refractivity contribution in [3.05, 3.63) is 6.54 Å². The number of likely N-dealkylation sites (N-methyl/N-ethyl adjacent to an activating group) is 1. The molecule has 0 aliphatic rings. The van der Waals surface area contributed by atoms with Gasteiger partial charge in [-0.2, -0.15) is 0 Å². The van der Waals surface area contributed by atoms with Crippen LogP contribution >= 0.6 is 0 Å². The minimum Gasteiger partial charge on any atom is -0.302 e. The first-order valence-corrected chi connectivity index (χ1v) is 2.87. The highest BCUT2D eigenvalue weighted by Gasteiger charge is 1.94. The maximum Gasteiger partial charge on any atom is 0.139 e. The first kappa shape index (κ1) is 7.63. The molecule has 0 amide bonds. The highest BCUT2D eigenvalue weighted by atomic mass is 16.1. The van der Waals surface area contributed by atoms with Crippen molar-refractivity contribution >= 4 is 6.29 Å². The molecule has 1 radical (unpaired) electrons.